The highest BCUT2D eigenvalue weighted by Crippen LogP contribution is 2.38. The van der Waals surface area contributed by atoms with Gasteiger partial charge in [-0.05, 0) is 44.6 Å². The van der Waals surface area contributed by atoms with Crippen molar-refractivity contribution in [3.63, 3.8) is 0 Å². The summed E-state index contributed by atoms with van der Waals surface area (Å²) in [6, 6.07) is 0.755. The molecule has 1 N–H and O–H groups in total. The molecule has 18 heavy (non-hydrogen) atoms. The Morgan fingerprint density at radius 3 is 2.56 bits per heavy atom. The average molecular weight is 271 g/mol. The highest BCUT2D eigenvalue weighted by molar-refractivity contribution is 8.00. The quantitative estimate of drug-likeness (QED) is 0.827. The van der Waals surface area contributed by atoms with Gasteiger partial charge < -0.3 is 10.1 Å². The van der Waals surface area contributed by atoms with Crippen LogP contribution in [0.5, 0.6) is 0 Å². The number of thioether (sulfide) groups is 1. The Labute approximate surface area is 117 Å². The molecule has 3 heteroatoms. The number of rotatable bonds is 5. The van der Waals surface area contributed by atoms with Crippen LogP contribution >= 0.6 is 11.8 Å². The summed E-state index contributed by atoms with van der Waals surface area (Å²) in [4.78, 5) is 0. The summed E-state index contributed by atoms with van der Waals surface area (Å²) in [7, 11) is 0. The van der Waals surface area contributed by atoms with Crippen LogP contribution in [0.25, 0.3) is 0 Å². The standard InChI is InChI=1S/C15H29NOS/c1-3-12-5-6-14(16-4-2)15(11-12)18-13-7-9-17-10-8-13/h12-16H,3-11H2,1-2H3. The molecule has 3 atom stereocenters. The maximum atomic E-state index is 5.48. The molecule has 1 aliphatic heterocycles. The minimum Gasteiger partial charge on any atom is -0.381 e. The van der Waals surface area contributed by atoms with Crippen LogP contribution in [0, 0.1) is 5.92 Å². The van der Waals surface area contributed by atoms with Crippen LogP contribution in [0.4, 0.5) is 0 Å². The summed E-state index contributed by atoms with van der Waals surface area (Å²) < 4.78 is 5.48. The van der Waals surface area contributed by atoms with Gasteiger partial charge >= 0.3 is 0 Å². The number of hydrogen-bond acceptors (Lipinski definition) is 3. The van der Waals surface area contributed by atoms with Gasteiger partial charge in [0.1, 0.15) is 0 Å². The van der Waals surface area contributed by atoms with E-state index in [0.29, 0.717) is 0 Å². The summed E-state index contributed by atoms with van der Waals surface area (Å²) in [5.74, 6) is 0.970. The maximum absolute atomic E-state index is 5.48. The Hall–Kier alpha value is 0.270. The number of nitrogens with one attached hydrogen (secondary N) is 1. The van der Waals surface area contributed by atoms with E-state index in [-0.39, 0.29) is 0 Å². The van der Waals surface area contributed by atoms with Crippen molar-refractivity contribution < 1.29 is 4.74 Å². The zero-order chi connectivity index (χ0) is 12.8. The molecule has 0 spiro atoms. The zero-order valence-corrected chi connectivity index (χ0v) is 12.8. The molecule has 1 aliphatic carbocycles. The van der Waals surface area contributed by atoms with Crippen molar-refractivity contribution in [3.05, 3.63) is 0 Å². The lowest BCUT2D eigenvalue weighted by Crippen LogP contribution is -2.43. The summed E-state index contributed by atoms with van der Waals surface area (Å²) in [6.45, 7) is 7.67. The van der Waals surface area contributed by atoms with Crippen molar-refractivity contribution in [1.29, 1.82) is 0 Å². The highest BCUT2D eigenvalue weighted by atomic mass is 32.2. The van der Waals surface area contributed by atoms with Crippen molar-refractivity contribution in [2.45, 2.75) is 68.9 Å². The Morgan fingerprint density at radius 2 is 1.89 bits per heavy atom. The van der Waals surface area contributed by atoms with Gasteiger partial charge in [0, 0.05) is 29.8 Å². The predicted molar refractivity (Wildman–Crippen MR) is 80.3 cm³/mol. The zero-order valence-electron chi connectivity index (χ0n) is 12.0. The highest BCUT2D eigenvalue weighted by Gasteiger charge is 2.31. The topological polar surface area (TPSA) is 21.3 Å². The van der Waals surface area contributed by atoms with E-state index < -0.39 is 0 Å². The molecule has 2 aliphatic rings. The van der Waals surface area contributed by atoms with Gasteiger partial charge in [-0.15, -0.1) is 0 Å². The Kier molecular flexibility index (Phi) is 6.33. The van der Waals surface area contributed by atoms with Gasteiger partial charge in [-0.25, -0.2) is 0 Å². The Balaban J connectivity index is 1.86. The minimum absolute atomic E-state index is 0.755. The van der Waals surface area contributed by atoms with E-state index in [1.54, 1.807) is 0 Å². The molecule has 2 fully saturated rings. The van der Waals surface area contributed by atoms with Crippen molar-refractivity contribution >= 4 is 11.8 Å². The molecule has 0 bridgehead atoms. The lowest BCUT2D eigenvalue weighted by molar-refractivity contribution is 0.0997. The fourth-order valence-electron chi connectivity index (χ4n) is 3.29. The van der Waals surface area contributed by atoms with Crippen molar-refractivity contribution in [2.24, 2.45) is 5.92 Å². The summed E-state index contributed by atoms with van der Waals surface area (Å²) in [5, 5.41) is 5.40. The fourth-order valence-corrected chi connectivity index (χ4v) is 5.05. The third-order valence-electron chi connectivity index (χ3n) is 4.48. The third-order valence-corrected chi connectivity index (χ3v) is 6.21. The molecule has 0 aromatic heterocycles. The van der Waals surface area contributed by atoms with E-state index in [1.807, 2.05) is 0 Å². The SMILES string of the molecule is CCNC1CCC(CC)CC1SC1CCOCC1. The van der Waals surface area contributed by atoms with Crippen molar-refractivity contribution in [2.75, 3.05) is 19.8 Å². The second kappa shape index (κ2) is 7.76. The molecule has 0 amide bonds. The van der Waals surface area contributed by atoms with Gasteiger partial charge in [-0.2, -0.15) is 11.8 Å². The lowest BCUT2D eigenvalue weighted by atomic mass is 9.84. The molecule has 106 valence electrons. The monoisotopic (exact) mass is 271 g/mol. The van der Waals surface area contributed by atoms with Crippen LogP contribution in [-0.4, -0.2) is 36.3 Å². The van der Waals surface area contributed by atoms with E-state index >= 15 is 0 Å². The van der Waals surface area contributed by atoms with Crippen LogP contribution in [0.3, 0.4) is 0 Å². The van der Waals surface area contributed by atoms with E-state index in [4.69, 9.17) is 4.74 Å². The van der Waals surface area contributed by atoms with Gasteiger partial charge in [-0.1, -0.05) is 20.3 Å². The Morgan fingerprint density at radius 1 is 1.11 bits per heavy atom. The van der Waals surface area contributed by atoms with Crippen LogP contribution in [0.1, 0.15) is 52.4 Å². The molecule has 1 saturated heterocycles. The van der Waals surface area contributed by atoms with Crippen LogP contribution in [0.2, 0.25) is 0 Å². The Bertz CT molecular complexity index is 231. The van der Waals surface area contributed by atoms with Gasteiger partial charge in [0.15, 0.2) is 0 Å². The molecule has 2 rings (SSSR count). The van der Waals surface area contributed by atoms with Gasteiger partial charge in [0.2, 0.25) is 0 Å². The van der Waals surface area contributed by atoms with E-state index in [0.717, 1.165) is 42.2 Å². The minimum atomic E-state index is 0.755. The normalized spacial score (nSPS) is 34.7. The molecule has 0 aromatic carbocycles. The first-order chi connectivity index (χ1) is 8.83. The second-order valence-corrected chi connectivity index (χ2v) is 7.28. The van der Waals surface area contributed by atoms with Gasteiger partial charge in [0.25, 0.3) is 0 Å². The molecule has 1 saturated carbocycles. The summed E-state index contributed by atoms with van der Waals surface area (Å²) >= 11 is 2.27. The average Bonchev–Trinajstić information content (AvgIpc) is 2.42. The lowest BCUT2D eigenvalue weighted by Gasteiger charge is -2.38. The molecular weight excluding hydrogens is 242 g/mol. The van der Waals surface area contributed by atoms with E-state index in [2.05, 4.69) is 30.9 Å². The predicted octanol–water partition coefficient (Wildman–Crippen LogP) is 3.46. The summed E-state index contributed by atoms with van der Waals surface area (Å²) in [6.07, 6.45) is 8.12. The third kappa shape index (κ3) is 4.14. The van der Waals surface area contributed by atoms with Crippen molar-refractivity contribution in [1.82, 2.24) is 5.32 Å². The molecular formula is C15H29NOS. The molecule has 1 heterocycles. The molecule has 3 unspecified atom stereocenters. The van der Waals surface area contributed by atoms with Gasteiger partial charge in [-0.3, -0.25) is 0 Å². The smallest absolute Gasteiger partial charge is 0.0476 e. The molecule has 0 aromatic rings. The fraction of sp³-hybridized carbons (Fsp3) is 1.00. The van der Waals surface area contributed by atoms with Crippen LogP contribution < -0.4 is 5.32 Å². The first-order valence-corrected chi connectivity index (χ1v) is 8.74. The second-order valence-electron chi connectivity index (χ2n) is 5.74. The van der Waals surface area contributed by atoms with E-state index in [9.17, 15) is 0 Å². The maximum Gasteiger partial charge on any atom is 0.0476 e. The number of ether oxygens (including phenoxy) is 1. The first kappa shape index (κ1) is 14.7. The first-order valence-electron chi connectivity index (χ1n) is 7.80. The van der Waals surface area contributed by atoms with E-state index in [1.165, 1.54) is 38.5 Å². The van der Waals surface area contributed by atoms with Gasteiger partial charge in [0.05, 0.1) is 0 Å². The molecule has 0 radical (unpaired) electrons. The van der Waals surface area contributed by atoms with Crippen LogP contribution in [0.15, 0.2) is 0 Å². The number of hydrogen-bond donors (Lipinski definition) is 1. The summed E-state index contributed by atoms with van der Waals surface area (Å²) in [5.41, 5.74) is 0. The molecule has 2 nitrogen and oxygen atoms in total. The van der Waals surface area contributed by atoms with Crippen LogP contribution in [-0.2, 0) is 4.74 Å². The largest absolute Gasteiger partial charge is 0.381 e. The van der Waals surface area contributed by atoms with Crippen molar-refractivity contribution in [3.8, 4) is 0 Å².